The molecule has 2 aliphatic rings. The first-order valence-electron chi connectivity index (χ1n) is 9.96. The van der Waals surface area contributed by atoms with Gasteiger partial charge in [-0.25, -0.2) is 4.79 Å². The first kappa shape index (κ1) is 20.9. The number of fused-ring (bicyclic) bond motifs is 1. The third-order valence-electron chi connectivity index (χ3n) is 6.35. The van der Waals surface area contributed by atoms with Crippen LogP contribution in [-0.4, -0.2) is 55.9 Å². The summed E-state index contributed by atoms with van der Waals surface area (Å²) in [7, 11) is -0.289. The smallest absolute Gasteiger partial charge is 0.327 e. The van der Waals surface area contributed by atoms with E-state index in [1.165, 1.54) is 4.90 Å². The van der Waals surface area contributed by atoms with Crippen molar-refractivity contribution in [1.29, 1.82) is 0 Å². The van der Waals surface area contributed by atoms with Crippen LogP contribution in [0.4, 0.5) is 4.79 Å². The second kappa shape index (κ2) is 7.52. The Balaban J connectivity index is 1.68. The van der Waals surface area contributed by atoms with Gasteiger partial charge in [0.15, 0.2) is 8.32 Å². The largest absolute Gasteiger partial charge is 0.497 e. The van der Waals surface area contributed by atoms with Gasteiger partial charge in [-0.15, -0.1) is 0 Å². The molecule has 3 amide bonds. The average molecular weight is 405 g/mol. The number of carbonyl (C=O) groups is 2. The van der Waals surface area contributed by atoms with E-state index in [0.717, 1.165) is 17.7 Å². The monoisotopic (exact) mass is 404 g/mol. The highest BCUT2D eigenvalue weighted by Crippen LogP contribution is 2.39. The van der Waals surface area contributed by atoms with Crippen molar-refractivity contribution in [2.24, 2.45) is 0 Å². The van der Waals surface area contributed by atoms with Crippen LogP contribution in [-0.2, 0) is 15.8 Å². The number of piperidine rings is 1. The van der Waals surface area contributed by atoms with Gasteiger partial charge in [0.1, 0.15) is 11.8 Å². The van der Waals surface area contributed by atoms with Crippen LogP contribution in [0.5, 0.6) is 5.75 Å². The van der Waals surface area contributed by atoms with Crippen LogP contribution < -0.4 is 4.74 Å². The minimum Gasteiger partial charge on any atom is -0.497 e. The van der Waals surface area contributed by atoms with Crippen molar-refractivity contribution in [2.75, 3.05) is 13.7 Å². The van der Waals surface area contributed by atoms with Gasteiger partial charge in [-0.1, -0.05) is 32.9 Å². The summed E-state index contributed by atoms with van der Waals surface area (Å²) < 4.78 is 11.7. The topological polar surface area (TPSA) is 59.1 Å². The Morgan fingerprint density at radius 3 is 2.36 bits per heavy atom. The molecule has 154 valence electrons. The van der Waals surface area contributed by atoms with Gasteiger partial charge in [0.05, 0.1) is 13.7 Å². The van der Waals surface area contributed by atoms with E-state index in [2.05, 4.69) is 33.9 Å². The number of rotatable bonds is 5. The van der Waals surface area contributed by atoms with E-state index in [0.29, 0.717) is 19.5 Å². The van der Waals surface area contributed by atoms with Crippen molar-refractivity contribution in [1.82, 2.24) is 9.80 Å². The molecule has 2 atom stereocenters. The first-order chi connectivity index (χ1) is 13.0. The number of hydrogen-bond acceptors (Lipinski definition) is 4. The molecule has 0 bridgehead atoms. The molecule has 1 aromatic carbocycles. The fourth-order valence-electron chi connectivity index (χ4n) is 3.58. The normalized spacial score (nSPS) is 23.2. The molecule has 28 heavy (non-hydrogen) atoms. The summed E-state index contributed by atoms with van der Waals surface area (Å²) in [6.07, 6.45) is 1.43. The fourth-order valence-corrected chi connectivity index (χ4v) is 4.99. The number of hydrogen-bond donors (Lipinski definition) is 0. The molecule has 0 N–H and O–H groups in total. The van der Waals surface area contributed by atoms with Gasteiger partial charge in [-0.2, -0.15) is 0 Å². The Morgan fingerprint density at radius 1 is 1.14 bits per heavy atom. The standard InChI is InChI=1S/C21H32N2O4Si/c1-21(2,3)28(5,6)27-17-11-12-22-18(13-17)19(24)23(20(22)25)14-15-7-9-16(26-4)10-8-15/h7-10,17-18H,11-14H2,1-6H3. The van der Waals surface area contributed by atoms with E-state index in [-0.39, 0.29) is 23.1 Å². The van der Waals surface area contributed by atoms with Gasteiger partial charge in [0, 0.05) is 19.1 Å². The summed E-state index contributed by atoms with van der Waals surface area (Å²) in [5, 5.41) is 0.125. The molecule has 3 rings (SSSR count). The lowest BCUT2D eigenvalue weighted by Crippen LogP contribution is -2.50. The summed E-state index contributed by atoms with van der Waals surface area (Å²) >= 11 is 0. The molecular formula is C21H32N2O4Si. The predicted molar refractivity (Wildman–Crippen MR) is 111 cm³/mol. The number of benzene rings is 1. The van der Waals surface area contributed by atoms with Crippen molar-refractivity contribution < 1.29 is 18.8 Å². The molecular weight excluding hydrogens is 372 g/mol. The van der Waals surface area contributed by atoms with Crippen molar-refractivity contribution in [2.45, 2.75) is 70.4 Å². The molecule has 2 heterocycles. The van der Waals surface area contributed by atoms with Gasteiger partial charge < -0.3 is 14.1 Å². The number of imide groups is 1. The highest BCUT2D eigenvalue weighted by atomic mass is 28.4. The summed E-state index contributed by atoms with van der Waals surface area (Å²) in [6, 6.07) is 6.89. The molecule has 0 saturated carbocycles. The lowest BCUT2D eigenvalue weighted by molar-refractivity contribution is -0.130. The zero-order chi connectivity index (χ0) is 20.7. The lowest BCUT2D eigenvalue weighted by Gasteiger charge is -2.42. The number of carbonyl (C=O) groups excluding carboxylic acids is 2. The number of amides is 3. The molecule has 0 aliphatic carbocycles. The number of nitrogens with zero attached hydrogens (tertiary/aromatic N) is 2. The fraction of sp³-hybridized carbons (Fsp3) is 0.619. The molecule has 0 aromatic heterocycles. The summed E-state index contributed by atoms with van der Waals surface area (Å²) in [5.41, 5.74) is 0.913. The first-order valence-corrected chi connectivity index (χ1v) is 12.9. The van der Waals surface area contributed by atoms with Gasteiger partial charge in [0.25, 0.3) is 5.91 Å². The van der Waals surface area contributed by atoms with Crippen molar-refractivity contribution >= 4 is 20.3 Å². The number of methoxy groups -OCH3 is 1. The Labute approximate surface area is 168 Å². The molecule has 2 saturated heterocycles. The van der Waals surface area contributed by atoms with Crippen molar-refractivity contribution in [3.63, 3.8) is 0 Å². The molecule has 2 unspecified atom stereocenters. The highest BCUT2D eigenvalue weighted by Gasteiger charge is 2.49. The minimum absolute atomic E-state index is 0.0415. The molecule has 2 aliphatic heterocycles. The van der Waals surface area contributed by atoms with Gasteiger partial charge in [-0.3, -0.25) is 9.69 Å². The maximum absolute atomic E-state index is 13.0. The van der Waals surface area contributed by atoms with Crippen LogP contribution in [0.1, 0.15) is 39.2 Å². The maximum Gasteiger partial charge on any atom is 0.327 e. The molecule has 7 heteroatoms. The molecule has 0 radical (unpaired) electrons. The van der Waals surface area contributed by atoms with Gasteiger partial charge in [-0.05, 0) is 42.2 Å². The van der Waals surface area contributed by atoms with E-state index < -0.39 is 14.4 Å². The van der Waals surface area contributed by atoms with Crippen LogP contribution in [0.25, 0.3) is 0 Å². The van der Waals surface area contributed by atoms with Crippen molar-refractivity contribution in [3.8, 4) is 5.75 Å². The van der Waals surface area contributed by atoms with Crippen molar-refractivity contribution in [3.05, 3.63) is 29.8 Å². The number of urea groups is 1. The molecule has 0 spiro atoms. The summed E-state index contributed by atoms with van der Waals surface area (Å²) in [6.45, 7) is 12.0. The second-order valence-corrected chi connectivity index (χ2v) is 14.0. The average Bonchev–Trinajstić information content (AvgIpc) is 2.86. The second-order valence-electron chi connectivity index (χ2n) is 9.29. The zero-order valence-electron chi connectivity index (χ0n) is 17.8. The van der Waals surface area contributed by atoms with Gasteiger partial charge >= 0.3 is 6.03 Å². The third kappa shape index (κ3) is 3.96. The van der Waals surface area contributed by atoms with Crippen LogP contribution in [0.2, 0.25) is 18.1 Å². The highest BCUT2D eigenvalue weighted by molar-refractivity contribution is 6.74. The minimum atomic E-state index is -1.90. The summed E-state index contributed by atoms with van der Waals surface area (Å²) in [4.78, 5) is 28.9. The van der Waals surface area contributed by atoms with E-state index in [4.69, 9.17) is 9.16 Å². The van der Waals surface area contributed by atoms with Crippen LogP contribution >= 0.6 is 0 Å². The Morgan fingerprint density at radius 2 is 1.79 bits per heavy atom. The van der Waals surface area contributed by atoms with Gasteiger partial charge in [0.2, 0.25) is 0 Å². The Bertz CT molecular complexity index is 742. The maximum atomic E-state index is 13.0. The Hall–Kier alpha value is -1.86. The zero-order valence-corrected chi connectivity index (χ0v) is 18.8. The van der Waals surface area contributed by atoms with Crippen LogP contribution in [0, 0.1) is 0 Å². The molecule has 6 nitrogen and oxygen atoms in total. The van der Waals surface area contributed by atoms with Crippen LogP contribution in [0.15, 0.2) is 24.3 Å². The third-order valence-corrected chi connectivity index (χ3v) is 10.9. The SMILES string of the molecule is COc1ccc(CN2C(=O)C3CC(O[Si](C)(C)C(C)(C)C)CCN3C2=O)cc1. The Kier molecular flexibility index (Phi) is 5.60. The summed E-state index contributed by atoms with van der Waals surface area (Å²) in [5.74, 6) is 0.648. The molecule has 1 aromatic rings. The predicted octanol–water partition coefficient (Wildman–Crippen LogP) is 4.01. The van der Waals surface area contributed by atoms with E-state index >= 15 is 0 Å². The van der Waals surface area contributed by atoms with E-state index in [1.807, 2.05) is 24.3 Å². The molecule has 2 fully saturated rings. The van der Waals surface area contributed by atoms with E-state index in [1.54, 1.807) is 12.0 Å². The quantitative estimate of drug-likeness (QED) is 0.549. The lowest BCUT2D eigenvalue weighted by atomic mass is 10.0. The number of ether oxygens (including phenoxy) is 1. The van der Waals surface area contributed by atoms with E-state index in [9.17, 15) is 9.59 Å². The van der Waals surface area contributed by atoms with Crippen LogP contribution in [0.3, 0.4) is 0 Å².